The molecule has 1 fully saturated rings. The van der Waals surface area contributed by atoms with Crippen LogP contribution in [0.25, 0.3) is 0 Å². The van der Waals surface area contributed by atoms with E-state index < -0.39 is 0 Å². The number of ketones is 1. The molecule has 0 bridgehead atoms. The maximum absolute atomic E-state index is 13.0. The standard InChI is InChI=1S/C23H28FNO2/c1-25(16-4-7-23(27)18-8-12-19(24)13-9-18)22-6-3-2-5-21(22)17-10-14-20(26)15-11-17/h8-15,21-22,26H,2-7,16H2,1H3. The molecule has 3 rings (SSSR count). The highest BCUT2D eigenvalue weighted by Crippen LogP contribution is 2.36. The molecule has 2 unspecified atom stereocenters. The molecule has 0 spiro atoms. The van der Waals surface area contributed by atoms with Gasteiger partial charge < -0.3 is 10.0 Å². The molecule has 1 saturated carbocycles. The molecule has 27 heavy (non-hydrogen) atoms. The lowest BCUT2D eigenvalue weighted by Crippen LogP contribution is -2.39. The van der Waals surface area contributed by atoms with Crippen molar-refractivity contribution in [3.8, 4) is 5.75 Å². The van der Waals surface area contributed by atoms with Crippen molar-refractivity contribution >= 4 is 5.78 Å². The van der Waals surface area contributed by atoms with E-state index in [-0.39, 0.29) is 11.6 Å². The van der Waals surface area contributed by atoms with Crippen LogP contribution in [0.5, 0.6) is 5.75 Å². The van der Waals surface area contributed by atoms with E-state index in [1.54, 1.807) is 24.3 Å². The Labute approximate surface area is 160 Å². The van der Waals surface area contributed by atoms with Crippen molar-refractivity contribution in [3.63, 3.8) is 0 Å². The highest BCUT2D eigenvalue weighted by atomic mass is 19.1. The fourth-order valence-corrected chi connectivity index (χ4v) is 4.18. The van der Waals surface area contributed by atoms with E-state index in [0.29, 0.717) is 29.7 Å². The van der Waals surface area contributed by atoms with Crippen LogP contribution < -0.4 is 0 Å². The summed E-state index contributed by atoms with van der Waals surface area (Å²) in [6, 6.07) is 13.9. The molecule has 2 aromatic carbocycles. The SMILES string of the molecule is CN(CCCC(=O)c1ccc(F)cc1)C1CCCCC1c1ccc(O)cc1. The normalized spacial score (nSPS) is 20.0. The van der Waals surface area contributed by atoms with Crippen LogP contribution in [-0.4, -0.2) is 35.4 Å². The molecule has 1 N–H and O–H groups in total. The molecule has 0 aromatic heterocycles. The zero-order chi connectivity index (χ0) is 19.2. The van der Waals surface area contributed by atoms with E-state index >= 15 is 0 Å². The first kappa shape index (κ1) is 19.6. The van der Waals surface area contributed by atoms with Gasteiger partial charge >= 0.3 is 0 Å². The van der Waals surface area contributed by atoms with Gasteiger partial charge in [-0.3, -0.25) is 4.79 Å². The van der Waals surface area contributed by atoms with Gasteiger partial charge in [0, 0.05) is 18.0 Å². The summed E-state index contributed by atoms with van der Waals surface area (Å²) in [5.41, 5.74) is 1.87. The Kier molecular flexibility index (Phi) is 6.62. The molecular formula is C23H28FNO2. The van der Waals surface area contributed by atoms with Gasteiger partial charge in [-0.25, -0.2) is 4.39 Å². The molecule has 1 aliphatic carbocycles. The Morgan fingerprint density at radius 1 is 1.07 bits per heavy atom. The third-order valence-corrected chi connectivity index (χ3v) is 5.70. The number of phenols is 1. The van der Waals surface area contributed by atoms with Gasteiger partial charge in [-0.2, -0.15) is 0 Å². The number of likely N-dealkylation sites (N-methyl/N-ethyl adjacent to an activating group) is 1. The van der Waals surface area contributed by atoms with Crippen molar-refractivity contribution in [2.45, 2.75) is 50.5 Å². The quantitative estimate of drug-likeness (QED) is 0.686. The van der Waals surface area contributed by atoms with Gasteiger partial charge in [-0.1, -0.05) is 25.0 Å². The fourth-order valence-electron chi connectivity index (χ4n) is 4.18. The molecular weight excluding hydrogens is 341 g/mol. The molecule has 0 aliphatic heterocycles. The summed E-state index contributed by atoms with van der Waals surface area (Å²) < 4.78 is 13.0. The molecule has 144 valence electrons. The number of carbonyl (C=O) groups is 1. The number of Topliss-reactive ketones (excluding diaryl/α,β-unsaturated/α-hetero) is 1. The first-order valence-corrected chi connectivity index (χ1v) is 9.82. The Morgan fingerprint density at radius 3 is 2.44 bits per heavy atom. The van der Waals surface area contributed by atoms with Gasteiger partial charge in [0.15, 0.2) is 5.78 Å². The summed E-state index contributed by atoms with van der Waals surface area (Å²) in [6.07, 6.45) is 6.07. The molecule has 0 heterocycles. The van der Waals surface area contributed by atoms with E-state index in [2.05, 4.69) is 11.9 Å². The second kappa shape index (κ2) is 9.14. The van der Waals surface area contributed by atoms with Gasteiger partial charge in [0.05, 0.1) is 0 Å². The summed E-state index contributed by atoms with van der Waals surface area (Å²) in [5.74, 6) is 0.530. The van der Waals surface area contributed by atoms with Gasteiger partial charge in [-0.15, -0.1) is 0 Å². The average Bonchev–Trinajstić information content (AvgIpc) is 2.69. The number of benzene rings is 2. The van der Waals surface area contributed by atoms with Crippen LogP contribution >= 0.6 is 0 Å². The van der Waals surface area contributed by atoms with Gasteiger partial charge in [0.25, 0.3) is 0 Å². The summed E-state index contributed by atoms with van der Waals surface area (Å²) >= 11 is 0. The van der Waals surface area contributed by atoms with Crippen molar-refractivity contribution in [2.75, 3.05) is 13.6 Å². The maximum atomic E-state index is 13.0. The van der Waals surface area contributed by atoms with Crippen LogP contribution in [0.3, 0.4) is 0 Å². The number of carbonyl (C=O) groups excluding carboxylic acids is 1. The van der Waals surface area contributed by atoms with E-state index in [9.17, 15) is 14.3 Å². The summed E-state index contributed by atoms with van der Waals surface area (Å²) in [4.78, 5) is 14.7. The van der Waals surface area contributed by atoms with Crippen molar-refractivity contribution in [3.05, 3.63) is 65.5 Å². The van der Waals surface area contributed by atoms with Crippen molar-refractivity contribution in [2.24, 2.45) is 0 Å². The van der Waals surface area contributed by atoms with Crippen LogP contribution in [0.4, 0.5) is 4.39 Å². The predicted octanol–water partition coefficient (Wildman–Crippen LogP) is 5.15. The molecule has 2 aromatic rings. The van der Waals surface area contributed by atoms with Gasteiger partial charge in [-0.05, 0) is 80.7 Å². The van der Waals surface area contributed by atoms with E-state index in [1.165, 1.54) is 30.5 Å². The lowest BCUT2D eigenvalue weighted by Gasteiger charge is -2.38. The maximum Gasteiger partial charge on any atom is 0.162 e. The van der Waals surface area contributed by atoms with Crippen LogP contribution in [0.2, 0.25) is 0 Å². The van der Waals surface area contributed by atoms with Crippen LogP contribution in [0.1, 0.15) is 60.4 Å². The lowest BCUT2D eigenvalue weighted by molar-refractivity contribution is 0.0968. The molecule has 1 aliphatic rings. The first-order chi connectivity index (χ1) is 13.0. The Balaban J connectivity index is 1.55. The largest absolute Gasteiger partial charge is 0.508 e. The second-order valence-electron chi connectivity index (χ2n) is 7.56. The van der Waals surface area contributed by atoms with Gasteiger partial charge in [0.2, 0.25) is 0 Å². The molecule has 3 nitrogen and oxygen atoms in total. The third kappa shape index (κ3) is 5.16. The van der Waals surface area contributed by atoms with Crippen molar-refractivity contribution in [1.29, 1.82) is 0 Å². The Hall–Kier alpha value is -2.20. The topological polar surface area (TPSA) is 40.5 Å². The highest BCUT2D eigenvalue weighted by Gasteiger charge is 2.29. The summed E-state index contributed by atoms with van der Waals surface area (Å²) in [6.45, 7) is 0.867. The number of phenolic OH excluding ortho intramolecular Hbond substituents is 1. The minimum Gasteiger partial charge on any atom is -0.508 e. The number of hydrogen-bond donors (Lipinski definition) is 1. The van der Waals surface area contributed by atoms with Crippen LogP contribution in [0, 0.1) is 5.82 Å². The lowest BCUT2D eigenvalue weighted by atomic mass is 9.79. The summed E-state index contributed by atoms with van der Waals surface area (Å²) in [5, 5.41) is 9.54. The monoisotopic (exact) mass is 369 g/mol. The fraction of sp³-hybridized carbons (Fsp3) is 0.435. The molecule has 0 saturated heterocycles. The zero-order valence-corrected chi connectivity index (χ0v) is 15.9. The number of halogens is 1. The Bertz CT molecular complexity index is 742. The van der Waals surface area contributed by atoms with E-state index in [4.69, 9.17) is 0 Å². The van der Waals surface area contributed by atoms with Crippen LogP contribution in [0.15, 0.2) is 48.5 Å². The average molecular weight is 369 g/mol. The Morgan fingerprint density at radius 2 is 1.74 bits per heavy atom. The van der Waals surface area contributed by atoms with E-state index in [0.717, 1.165) is 25.8 Å². The zero-order valence-electron chi connectivity index (χ0n) is 15.9. The molecule has 4 heteroatoms. The van der Waals surface area contributed by atoms with Gasteiger partial charge in [0.1, 0.15) is 11.6 Å². The van der Waals surface area contributed by atoms with Crippen LogP contribution in [-0.2, 0) is 0 Å². The molecule has 0 radical (unpaired) electrons. The minimum absolute atomic E-state index is 0.0714. The van der Waals surface area contributed by atoms with Crippen molar-refractivity contribution in [1.82, 2.24) is 4.90 Å². The number of rotatable bonds is 7. The summed E-state index contributed by atoms with van der Waals surface area (Å²) in [7, 11) is 2.14. The number of nitrogens with zero attached hydrogens (tertiary/aromatic N) is 1. The van der Waals surface area contributed by atoms with Crippen molar-refractivity contribution < 1.29 is 14.3 Å². The third-order valence-electron chi connectivity index (χ3n) is 5.70. The predicted molar refractivity (Wildman–Crippen MR) is 106 cm³/mol. The smallest absolute Gasteiger partial charge is 0.162 e. The molecule has 2 atom stereocenters. The number of aromatic hydroxyl groups is 1. The first-order valence-electron chi connectivity index (χ1n) is 9.82. The van der Waals surface area contributed by atoms with E-state index in [1.807, 2.05) is 12.1 Å². The number of hydrogen-bond acceptors (Lipinski definition) is 3. The minimum atomic E-state index is -0.316. The molecule has 0 amide bonds. The second-order valence-corrected chi connectivity index (χ2v) is 7.56. The highest BCUT2D eigenvalue weighted by molar-refractivity contribution is 5.95.